The number of nitrogens with zero attached hydrogens (tertiary/aromatic N) is 1. The average Bonchev–Trinajstić information content (AvgIpc) is 2.38. The van der Waals surface area contributed by atoms with E-state index in [2.05, 4.69) is 15.6 Å². The summed E-state index contributed by atoms with van der Waals surface area (Å²) in [5.41, 5.74) is 0.327. The van der Waals surface area contributed by atoms with E-state index in [4.69, 9.17) is 35.4 Å². The highest BCUT2D eigenvalue weighted by molar-refractivity contribution is 7.80. The molecule has 0 radical (unpaired) electrons. The number of rotatable bonds is 2. The number of anilines is 1. The molecule has 102 valence electrons. The minimum atomic E-state index is -0.400. The van der Waals surface area contributed by atoms with E-state index in [9.17, 15) is 4.79 Å². The molecule has 2 aromatic rings. The van der Waals surface area contributed by atoms with E-state index in [1.165, 1.54) is 12.1 Å². The smallest absolute Gasteiger partial charge is 0.257 e. The molecule has 0 saturated heterocycles. The number of hydrogen-bond donors (Lipinski definition) is 2. The Morgan fingerprint density at radius 3 is 2.45 bits per heavy atom. The van der Waals surface area contributed by atoms with Crippen LogP contribution in [-0.4, -0.2) is 16.0 Å². The first kappa shape index (κ1) is 14.7. The Labute approximate surface area is 131 Å². The van der Waals surface area contributed by atoms with Gasteiger partial charge in [-0.3, -0.25) is 10.1 Å². The second-order valence-corrected chi connectivity index (χ2v) is 5.06. The van der Waals surface area contributed by atoms with Gasteiger partial charge in [-0.15, -0.1) is 0 Å². The highest BCUT2D eigenvalue weighted by Crippen LogP contribution is 2.18. The number of carbonyl (C=O) groups is 1. The molecule has 1 heterocycles. The fourth-order valence-corrected chi connectivity index (χ4v) is 2.17. The van der Waals surface area contributed by atoms with E-state index in [1.807, 2.05) is 0 Å². The molecular weight excluding hydrogens is 317 g/mol. The molecule has 0 saturated carbocycles. The molecule has 7 heteroatoms. The molecule has 0 atom stereocenters. The highest BCUT2D eigenvalue weighted by atomic mass is 35.5. The second kappa shape index (κ2) is 6.65. The van der Waals surface area contributed by atoms with Crippen molar-refractivity contribution in [3.05, 3.63) is 58.2 Å². The lowest BCUT2D eigenvalue weighted by molar-refractivity contribution is 0.0977. The number of benzene rings is 1. The molecule has 1 amide bonds. The van der Waals surface area contributed by atoms with Gasteiger partial charge in [0.2, 0.25) is 0 Å². The molecule has 4 nitrogen and oxygen atoms in total. The molecule has 1 aromatic carbocycles. The maximum Gasteiger partial charge on any atom is 0.257 e. The third-order valence-electron chi connectivity index (χ3n) is 2.26. The minimum absolute atomic E-state index is 0.143. The maximum atomic E-state index is 12.0. The molecule has 0 aliphatic rings. The zero-order valence-corrected chi connectivity index (χ0v) is 12.4. The fourth-order valence-electron chi connectivity index (χ4n) is 1.44. The molecule has 0 unspecified atom stereocenters. The van der Waals surface area contributed by atoms with Crippen LogP contribution in [0.3, 0.4) is 0 Å². The Hall–Kier alpha value is -1.69. The molecule has 0 bridgehead atoms. The third-order valence-corrected chi connectivity index (χ3v) is 2.90. The first-order chi connectivity index (χ1) is 9.54. The van der Waals surface area contributed by atoms with Crippen molar-refractivity contribution < 1.29 is 4.79 Å². The van der Waals surface area contributed by atoms with E-state index in [0.717, 1.165) is 0 Å². The number of pyridine rings is 1. The van der Waals surface area contributed by atoms with Crippen LogP contribution in [0.15, 0.2) is 42.6 Å². The van der Waals surface area contributed by atoms with Gasteiger partial charge in [0.25, 0.3) is 5.91 Å². The van der Waals surface area contributed by atoms with Gasteiger partial charge in [0, 0.05) is 21.8 Å². The summed E-state index contributed by atoms with van der Waals surface area (Å²) in [6.07, 6.45) is 1.61. The SMILES string of the molecule is O=C(NC(=S)Nc1ccccn1)c1cc(Cl)cc(Cl)c1. The molecule has 1 aromatic heterocycles. The van der Waals surface area contributed by atoms with E-state index in [1.54, 1.807) is 30.5 Å². The maximum absolute atomic E-state index is 12.0. The van der Waals surface area contributed by atoms with Gasteiger partial charge in [-0.05, 0) is 42.5 Å². The molecule has 20 heavy (non-hydrogen) atoms. The molecule has 0 aliphatic heterocycles. The predicted molar refractivity (Wildman–Crippen MR) is 84.4 cm³/mol. The molecule has 2 rings (SSSR count). The number of hydrogen-bond acceptors (Lipinski definition) is 3. The van der Waals surface area contributed by atoms with Crippen LogP contribution in [0.2, 0.25) is 10.0 Å². The Balaban J connectivity index is 2.02. The van der Waals surface area contributed by atoms with E-state index < -0.39 is 5.91 Å². The van der Waals surface area contributed by atoms with Gasteiger partial charge >= 0.3 is 0 Å². The quantitative estimate of drug-likeness (QED) is 0.829. The Bertz CT molecular complexity index is 629. The summed E-state index contributed by atoms with van der Waals surface area (Å²) < 4.78 is 0. The van der Waals surface area contributed by atoms with Gasteiger partial charge in [-0.2, -0.15) is 0 Å². The Kier molecular flexibility index (Phi) is 4.89. The van der Waals surface area contributed by atoms with Gasteiger partial charge in [0.15, 0.2) is 5.11 Å². The first-order valence-corrected chi connectivity index (χ1v) is 6.70. The highest BCUT2D eigenvalue weighted by Gasteiger charge is 2.10. The van der Waals surface area contributed by atoms with Crippen molar-refractivity contribution in [3.8, 4) is 0 Å². The Morgan fingerprint density at radius 1 is 1.15 bits per heavy atom. The summed E-state index contributed by atoms with van der Waals surface area (Å²) in [4.78, 5) is 16.0. The number of thiocarbonyl (C=S) groups is 1. The van der Waals surface area contributed by atoms with Crippen molar-refractivity contribution in [1.29, 1.82) is 0 Å². The van der Waals surface area contributed by atoms with Crippen LogP contribution in [0.5, 0.6) is 0 Å². The van der Waals surface area contributed by atoms with Crippen molar-refractivity contribution in [2.75, 3.05) is 5.32 Å². The summed E-state index contributed by atoms with van der Waals surface area (Å²) >= 11 is 16.7. The predicted octanol–water partition coefficient (Wildman–Crippen LogP) is 3.52. The summed E-state index contributed by atoms with van der Waals surface area (Å²) in [6, 6.07) is 9.87. The van der Waals surface area contributed by atoms with Crippen molar-refractivity contribution in [3.63, 3.8) is 0 Å². The minimum Gasteiger partial charge on any atom is -0.317 e. The topological polar surface area (TPSA) is 54.0 Å². The first-order valence-electron chi connectivity index (χ1n) is 5.54. The number of carbonyl (C=O) groups excluding carboxylic acids is 1. The number of amides is 1. The van der Waals surface area contributed by atoms with Crippen LogP contribution >= 0.6 is 35.4 Å². The average molecular weight is 326 g/mol. The lowest BCUT2D eigenvalue weighted by Crippen LogP contribution is -2.34. The molecule has 0 fully saturated rings. The van der Waals surface area contributed by atoms with Gasteiger partial charge < -0.3 is 5.32 Å². The zero-order chi connectivity index (χ0) is 14.5. The molecule has 0 spiro atoms. The molecule has 2 N–H and O–H groups in total. The number of aromatic nitrogens is 1. The largest absolute Gasteiger partial charge is 0.317 e. The van der Waals surface area contributed by atoms with Gasteiger partial charge in [-0.1, -0.05) is 29.3 Å². The van der Waals surface area contributed by atoms with Gasteiger partial charge in [0.1, 0.15) is 5.82 Å². The molecule has 0 aliphatic carbocycles. The summed E-state index contributed by atoms with van der Waals surface area (Å²) in [5.74, 6) is 0.143. The van der Waals surface area contributed by atoms with Crippen LogP contribution in [0, 0.1) is 0 Å². The monoisotopic (exact) mass is 325 g/mol. The van der Waals surface area contributed by atoms with E-state index >= 15 is 0 Å². The van der Waals surface area contributed by atoms with Crippen molar-refractivity contribution >= 4 is 52.3 Å². The lowest BCUT2D eigenvalue weighted by atomic mass is 10.2. The lowest BCUT2D eigenvalue weighted by Gasteiger charge is -2.09. The third kappa shape index (κ3) is 4.16. The summed E-state index contributed by atoms with van der Waals surface area (Å²) in [5, 5.41) is 6.22. The number of halogens is 2. The van der Waals surface area contributed by atoms with Crippen LogP contribution in [0.25, 0.3) is 0 Å². The van der Waals surface area contributed by atoms with Gasteiger partial charge in [0.05, 0.1) is 0 Å². The second-order valence-electron chi connectivity index (χ2n) is 3.78. The fraction of sp³-hybridized carbons (Fsp3) is 0. The van der Waals surface area contributed by atoms with Crippen molar-refractivity contribution in [1.82, 2.24) is 10.3 Å². The van der Waals surface area contributed by atoms with Crippen molar-refractivity contribution in [2.24, 2.45) is 0 Å². The zero-order valence-electron chi connectivity index (χ0n) is 10.1. The van der Waals surface area contributed by atoms with Crippen LogP contribution < -0.4 is 10.6 Å². The van der Waals surface area contributed by atoms with Gasteiger partial charge in [-0.25, -0.2) is 4.98 Å². The number of nitrogens with one attached hydrogen (secondary N) is 2. The van der Waals surface area contributed by atoms with Crippen LogP contribution in [0.4, 0.5) is 5.82 Å². The normalized spacial score (nSPS) is 9.90. The van der Waals surface area contributed by atoms with E-state index in [0.29, 0.717) is 21.4 Å². The van der Waals surface area contributed by atoms with Crippen LogP contribution in [0.1, 0.15) is 10.4 Å². The van der Waals surface area contributed by atoms with E-state index in [-0.39, 0.29) is 5.11 Å². The summed E-state index contributed by atoms with van der Waals surface area (Å²) in [7, 11) is 0. The Morgan fingerprint density at radius 2 is 1.85 bits per heavy atom. The van der Waals surface area contributed by atoms with Crippen molar-refractivity contribution in [2.45, 2.75) is 0 Å². The standard InChI is InChI=1S/C13H9Cl2N3OS/c14-9-5-8(6-10(15)7-9)12(19)18-13(20)17-11-3-1-2-4-16-11/h1-7H,(H2,16,17,18,19,20). The van der Waals surface area contributed by atoms with Crippen LogP contribution in [-0.2, 0) is 0 Å². The summed E-state index contributed by atoms with van der Waals surface area (Å²) in [6.45, 7) is 0. The molecular formula is C13H9Cl2N3OS.